The van der Waals surface area contributed by atoms with Crippen LogP contribution in [0.1, 0.15) is 10.4 Å². The van der Waals surface area contributed by atoms with Gasteiger partial charge in [0.05, 0.1) is 19.2 Å². The molecule has 1 fully saturated rings. The molecule has 0 spiro atoms. The number of piperazine rings is 1. The average molecular weight is 433 g/mol. The normalized spacial score (nSPS) is 14.2. The Bertz CT molecular complexity index is 900. The summed E-state index contributed by atoms with van der Waals surface area (Å²) >= 11 is 0. The third-order valence-electron chi connectivity index (χ3n) is 5.04. The van der Waals surface area contributed by atoms with Gasteiger partial charge in [-0.2, -0.15) is 0 Å². The van der Waals surface area contributed by atoms with E-state index in [1.807, 2.05) is 24.3 Å². The van der Waals surface area contributed by atoms with Crippen LogP contribution in [-0.2, 0) is 4.79 Å². The van der Waals surface area contributed by atoms with Crippen molar-refractivity contribution in [1.82, 2.24) is 15.1 Å². The predicted molar refractivity (Wildman–Crippen MR) is 110 cm³/mol. The van der Waals surface area contributed by atoms with Gasteiger partial charge in [-0.1, -0.05) is 0 Å². The van der Waals surface area contributed by atoms with E-state index in [9.17, 15) is 18.4 Å². The summed E-state index contributed by atoms with van der Waals surface area (Å²) in [7, 11) is 1.61. The molecule has 1 aliphatic heterocycles. The SMILES string of the molecule is COc1ccc(OCCN2CCN(C(=O)CNC(=O)c3ccc(F)cc3F)CC2)cc1. The van der Waals surface area contributed by atoms with Crippen LogP contribution in [0, 0.1) is 11.6 Å². The molecule has 0 unspecified atom stereocenters. The van der Waals surface area contributed by atoms with Crippen LogP contribution < -0.4 is 14.8 Å². The zero-order valence-corrected chi connectivity index (χ0v) is 17.3. The summed E-state index contributed by atoms with van der Waals surface area (Å²) < 4.78 is 37.4. The number of nitrogens with one attached hydrogen (secondary N) is 1. The van der Waals surface area contributed by atoms with Gasteiger partial charge in [0.2, 0.25) is 5.91 Å². The van der Waals surface area contributed by atoms with Crippen molar-refractivity contribution in [3.05, 3.63) is 59.7 Å². The molecule has 2 amide bonds. The van der Waals surface area contributed by atoms with Crippen LogP contribution in [0.5, 0.6) is 11.5 Å². The van der Waals surface area contributed by atoms with Gasteiger partial charge in [-0.25, -0.2) is 8.78 Å². The summed E-state index contributed by atoms with van der Waals surface area (Å²) in [4.78, 5) is 28.2. The number of halogens is 2. The molecule has 1 heterocycles. The van der Waals surface area contributed by atoms with Gasteiger partial charge in [-0.15, -0.1) is 0 Å². The number of benzene rings is 2. The molecule has 9 heteroatoms. The Morgan fingerprint density at radius 2 is 1.68 bits per heavy atom. The molecule has 0 radical (unpaired) electrons. The first-order valence-electron chi connectivity index (χ1n) is 9.96. The van der Waals surface area contributed by atoms with E-state index in [4.69, 9.17) is 9.47 Å². The van der Waals surface area contributed by atoms with E-state index in [2.05, 4.69) is 10.2 Å². The Labute approximate surface area is 179 Å². The van der Waals surface area contributed by atoms with Crippen LogP contribution in [0.3, 0.4) is 0 Å². The van der Waals surface area contributed by atoms with E-state index in [0.29, 0.717) is 38.9 Å². The second kappa shape index (κ2) is 10.7. The minimum atomic E-state index is -0.963. The largest absolute Gasteiger partial charge is 0.497 e. The summed E-state index contributed by atoms with van der Waals surface area (Å²) in [6, 6.07) is 10.1. The van der Waals surface area contributed by atoms with Crippen LogP contribution >= 0.6 is 0 Å². The smallest absolute Gasteiger partial charge is 0.254 e. The van der Waals surface area contributed by atoms with Crippen LogP contribution in [0.4, 0.5) is 8.78 Å². The third kappa shape index (κ3) is 6.39. The van der Waals surface area contributed by atoms with Crippen molar-refractivity contribution in [2.75, 3.05) is 53.0 Å². The number of amides is 2. The minimum Gasteiger partial charge on any atom is -0.497 e. The lowest BCUT2D eigenvalue weighted by Gasteiger charge is -2.34. The van der Waals surface area contributed by atoms with Gasteiger partial charge < -0.3 is 19.7 Å². The summed E-state index contributed by atoms with van der Waals surface area (Å²) in [5.41, 5.74) is -0.295. The number of nitrogens with zero attached hydrogens (tertiary/aromatic N) is 2. The lowest BCUT2D eigenvalue weighted by atomic mass is 10.2. The van der Waals surface area contributed by atoms with Crippen molar-refractivity contribution in [2.45, 2.75) is 0 Å². The molecule has 2 aromatic carbocycles. The molecule has 0 bridgehead atoms. The maximum absolute atomic E-state index is 13.6. The standard InChI is InChI=1S/C22H25F2N3O4/c1-30-17-3-5-18(6-4-17)31-13-12-26-8-10-27(11-9-26)21(28)15-25-22(29)19-7-2-16(23)14-20(19)24/h2-7,14H,8-13,15H2,1H3,(H,25,29). The third-order valence-corrected chi connectivity index (χ3v) is 5.04. The molecule has 166 valence electrons. The van der Waals surface area contributed by atoms with Gasteiger partial charge in [0.15, 0.2) is 0 Å². The fourth-order valence-corrected chi connectivity index (χ4v) is 3.22. The van der Waals surface area contributed by atoms with Crippen LogP contribution in [0.25, 0.3) is 0 Å². The fourth-order valence-electron chi connectivity index (χ4n) is 3.22. The number of methoxy groups -OCH3 is 1. The second-order valence-corrected chi connectivity index (χ2v) is 7.05. The van der Waals surface area contributed by atoms with Gasteiger partial charge >= 0.3 is 0 Å². The highest BCUT2D eigenvalue weighted by Crippen LogP contribution is 2.17. The van der Waals surface area contributed by atoms with Crippen molar-refractivity contribution in [1.29, 1.82) is 0 Å². The van der Waals surface area contributed by atoms with E-state index in [-0.39, 0.29) is 18.0 Å². The van der Waals surface area contributed by atoms with Crippen LogP contribution in [0.2, 0.25) is 0 Å². The quantitative estimate of drug-likeness (QED) is 0.689. The molecule has 31 heavy (non-hydrogen) atoms. The van der Waals surface area contributed by atoms with Gasteiger partial charge in [0, 0.05) is 38.8 Å². The fraction of sp³-hybridized carbons (Fsp3) is 0.364. The number of carbonyl (C=O) groups is 2. The summed E-state index contributed by atoms with van der Waals surface area (Å²) in [5.74, 6) is -1.19. The number of carbonyl (C=O) groups excluding carboxylic acids is 2. The Morgan fingerprint density at radius 1 is 1.00 bits per heavy atom. The summed E-state index contributed by atoms with van der Waals surface area (Å²) in [6.45, 7) is 3.46. The van der Waals surface area contributed by atoms with Gasteiger partial charge in [0.1, 0.15) is 29.7 Å². The molecule has 0 aromatic heterocycles. The Hall–Kier alpha value is -3.20. The molecule has 7 nitrogen and oxygen atoms in total. The van der Waals surface area contributed by atoms with Crippen LogP contribution in [-0.4, -0.2) is 74.6 Å². The number of hydrogen-bond acceptors (Lipinski definition) is 5. The van der Waals surface area contributed by atoms with Crippen molar-refractivity contribution >= 4 is 11.8 Å². The number of rotatable bonds is 8. The highest BCUT2D eigenvalue weighted by molar-refractivity contribution is 5.96. The second-order valence-electron chi connectivity index (χ2n) is 7.05. The molecular formula is C22H25F2N3O4. The maximum atomic E-state index is 13.6. The first-order chi connectivity index (χ1) is 15.0. The molecule has 0 saturated carbocycles. The Balaban J connectivity index is 1.35. The van der Waals surface area contributed by atoms with Crippen LogP contribution in [0.15, 0.2) is 42.5 Å². The highest BCUT2D eigenvalue weighted by Gasteiger charge is 2.22. The molecule has 1 N–H and O–H groups in total. The topological polar surface area (TPSA) is 71.1 Å². The zero-order chi connectivity index (χ0) is 22.2. The lowest BCUT2D eigenvalue weighted by Crippen LogP contribution is -2.51. The monoisotopic (exact) mass is 433 g/mol. The molecule has 1 aliphatic rings. The van der Waals surface area contributed by atoms with E-state index in [1.165, 1.54) is 0 Å². The van der Waals surface area contributed by atoms with Crippen molar-refractivity contribution in [3.63, 3.8) is 0 Å². The Morgan fingerprint density at radius 3 is 2.32 bits per heavy atom. The van der Waals surface area contributed by atoms with E-state index < -0.39 is 17.5 Å². The number of ether oxygens (including phenoxy) is 2. The van der Waals surface area contributed by atoms with Crippen molar-refractivity contribution < 1.29 is 27.8 Å². The Kier molecular flexibility index (Phi) is 7.77. The molecule has 0 atom stereocenters. The zero-order valence-electron chi connectivity index (χ0n) is 17.3. The van der Waals surface area contributed by atoms with Gasteiger partial charge in [-0.05, 0) is 36.4 Å². The maximum Gasteiger partial charge on any atom is 0.254 e. The van der Waals surface area contributed by atoms with Crippen molar-refractivity contribution in [2.24, 2.45) is 0 Å². The summed E-state index contributed by atoms with van der Waals surface area (Å²) in [5, 5.41) is 2.39. The predicted octanol–water partition coefficient (Wildman–Crippen LogP) is 1.93. The van der Waals surface area contributed by atoms with Crippen molar-refractivity contribution in [3.8, 4) is 11.5 Å². The minimum absolute atomic E-state index is 0.240. The molecule has 2 aromatic rings. The van der Waals surface area contributed by atoms with Gasteiger partial charge in [-0.3, -0.25) is 14.5 Å². The average Bonchev–Trinajstić information content (AvgIpc) is 2.78. The number of hydrogen-bond donors (Lipinski definition) is 1. The molecular weight excluding hydrogens is 408 g/mol. The lowest BCUT2D eigenvalue weighted by molar-refractivity contribution is -0.131. The first kappa shape index (κ1) is 22.5. The van der Waals surface area contributed by atoms with E-state index >= 15 is 0 Å². The molecule has 1 saturated heterocycles. The summed E-state index contributed by atoms with van der Waals surface area (Å²) in [6.07, 6.45) is 0. The molecule has 0 aliphatic carbocycles. The van der Waals surface area contributed by atoms with E-state index in [1.54, 1.807) is 12.0 Å². The molecule has 3 rings (SSSR count). The van der Waals surface area contributed by atoms with Gasteiger partial charge in [0.25, 0.3) is 5.91 Å². The highest BCUT2D eigenvalue weighted by atomic mass is 19.1. The first-order valence-corrected chi connectivity index (χ1v) is 9.96. The van der Waals surface area contributed by atoms with E-state index in [0.717, 1.165) is 30.2 Å².